The standard InChI is InChI=1S/C22H23N3O2/c1-15(17-11-10-16-6-2-3-7-18(16)12-17)24-21(26)14-25-22(27)20-9-5-4-8-19(20)13-23-25/h4-5,8-13,15H,2-3,6-7,14H2,1H3,(H,24,26). The number of carbonyl (C=O) groups is 1. The Morgan fingerprint density at radius 2 is 1.93 bits per heavy atom. The summed E-state index contributed by atoms with van der Waals surface area (Å²) in [5.41, 5.74) is 3.68. The number of aromatic nitrogens is 2. The molecule has 1 heterocycles. The van der Waals surface area contributed by atoms with Crippen molar-refractivity contribution in [1.29, 1.82) is 0 Å². The van der Waals surface area contributed by atoms with Gasteiger partial charge >= 0.3 is 0 Å². The van der Waals surface area contributed by atoms with E-state index in [-0.39, 0.29) is 24.1 Å². The van der Waals surface area contributed by atoms with Crippen molar-refractivity contribution in [2.45, 2.75) is 45.2 Å². The molecule has 5 heteroatoms. The fourth-order valence-corrected chi connectivity index (χ4v) is 3.77. The van der Waals surface area contributed by atoms with E-state index in [1.54, 1.807) is 12.3 Å². The first kappa shape index (κ1) is 17.5. The predicted molar refractivity (Wildman–Crippen MR) is 106 cm³/mol. The van der Waals surface area contributed by atoms with Crippen molar-refractivity contribution in [3.8, 4) is 0 Å². The zero-order valence-electron chi connectivity index (χ0n) is 15.4. The fourth-order valence-electron chi connectivity index (χ4n) is 3.77. The Balaban J connectivity index is 1.48. The van der Waals surface area contributed by atoms with Gasteiger partial charge in [-0.15, -0.1) is 0 Å². The highest BCUT2D eigenvalue weighted by molar-refractivity contribution is 5.81. The van der Waals surface area contributed by atoms with E-state index in [0.717, 1.165) is 23.8 Å². The van der Waals surface area contributed by atoms with Crippen LogP contribution in [0.3, 0.4) is 0 Å². The molecule has 1 atom stereocenters. The normalized spacial score (nSPS) is 14.6. The van der Waals surface area contributed by atoms with Gasteiger partial charge in [-0.1, -0.05) is 36.4 Å². The lowest BCUT2D eigenvalue weighted by atomic mass is 9.89. The molecule has 1 aliphatic carbocycles. The average Bonchev–Trinajstić information content (AvgIpc) is 2.70. The SMILES string of the molecule is CC(NC(=O)Cn1ncc2ccccc2c1=O)c1ccc2c(c1)CCCC2. The van der Waals surface area contributed by atoms with Gasteiger partial charge in [-0.25, -0.2) is 4.68 Å². The maximum atomic E-state index is 12.5. The van der Waals surface area contributed by atoms with Gasteiger partial charge in [0.2, 0.25) is 5.91 Å². The summed E-state index contributed by atoms with van der Waals surface area (Å²) >= 11 is 0. The average molecular weight is 361 g/mol. The molecule has 0 fully saturated rings. The van der Waals surface area contributed by atoms with Crippen LogP contribution in [0.5, 0.6) is 0 Å². The Bertz CT molecular complexity index is 1050. The summed E-state index contributed by atoms with van der Waals surface area (Å²) in [6, 6.07) is 13.6. The van der Waals surface area contributed by atoms with Crippen LogP contribution in [0.15, 0.2) is 53.5 Å². The van der Waals surface area contributed by atoms with Crippen molar-refractivity contribution in [2.24, 2.45) is 0 Å². The molecule has 2 aromatic carbocycles. The van der Waals surface area contributed by atoms with E-state index in [0.29, 0.717) is 5.39 Å². The minimum atomic E-state index is -0.246. The van der Waals surface area contributed by atoms with Crippen LogP contribution in [0.2, 0.25) is 0 Å². The van der Waals surface area contributed by atoms with Crippen molar-refractivity contribution in [3.63, 3.8) is 0 Å². The van der Waals surface area contributed by atoms with Crippen LogP contribution in [0.4, 0.5) is 0 Å². The maximum Gasteiger partial charge on any atom is 0.275 e. The first-order chi connectivity index (χ1) is 13.1. The summed E-state index contributed by atoms with van der Waals surface area (Å²) in [6.45, 7) is 1.89. The topological polar surface area (TPSA) is 64.0 Å². The third-order valence-corrected chi connectivity index (χ3v) is 5.31. The highest BCUT2D eigenvalue weighted by Crippen LogP contribution is 2.24. The summed E-state index contributed by atoms with van der Waals surface area (Å²) < 4.78 is 1.22. The van der Waals surface area contributed by atoms with Crippen molar-refractivity contribution in [2.75, 3.05) is 0 Å². The van der Waals surface area contributed by atoms with Crippen LogP contribution >= 0.6 is 0 Å². The molecule has 138 valence electrons. The second kappa shape index (κ2) is 7.35. The van der Waals surface area contributed by atoms with Gasteiger partial charge in [0.1, 0.15) is 6.54 Å². The number of nitrogens with zero attached hydrogens (tertiary/aromatic N) is 2. The van der Waals surface area contributed by atoms with Gasteiger partial charge < -0.3 is 5.32 Å². The molecule has 1 unspecified atom stereocenters. The highest BCUT2D eigenvalue weighted by Gasteiger charge is 2.15. The zero-order valence-corrected chi connectivity index (χ0v) is 15.4. The molecule has 5 nitrogen and oxygen atoms in total. The number of fused-ring (bicyclic) bond motifs is 2. The van der Waals surface area contributed by atoms with Gasteiger partial charge in [-0.2, -0.15) is 5.10 Å². The summed E-state index contributed by atoms with van der Waals surface area (Å²) in [4.78, 5) is 25.0. The molecule has 1 amide bonds. The van der Waals surface area contributed by atoms with Crippen LogP contribution < -0.4 is 10.9 Å². The summed E-state index contributed by atoms with van der Waals surface area (Å²) in [7, 11) is 0. The van der Waals surface area contributed by atoms with Crippen molar-refractivity contribution >= 4 is 16.7 Å². The molecule has 1 aliphatic rings. The second-order valence-corrected chi connectivity index (χ2v) is 7.22. The number of hydrogen-bond acceptors (Lipinski definition) is 3. The molecular formula is C22H23N3O2. The van der Waals surface area contributed by atoms with Gasteiger partial charge in [-0.05, 0) is 55.4 Å². The fraction of sp³-hybridized carbons (Fsp3) is 0.318. The quantitative estimate of drug-likeness (QED) is 0.776. The first-order valence-corrected chi connectivity index (χ1v) is 9.48. The minimum absolute atomic E-state index is 0.0844. The highest BCUT2D eigenvalue weighted by atomic mass is 16.2. The lowest BCUT2D eigenvalue weighted by Gasteiger charge is -2.20. The van der Waals surface area contributed by atoms with Crippen molar-refractivity contribution in [1.82, 2.24) is 15.1 Å². The second-order valence-electron chi connectivity index (χ2n) is 7.22. The minimum Gasteiger partial charge on any atom is -0.348 e. The Labute approximate surface area is 158 Å². The van der Waals surface area contributed by atoms with Gasteiger partial charge in [-0.3, -0.25) is 9.59 Å². The monoisotopic (exact) mass is 361 g/mol. The van der Waals surface area contributed by atoms with Crippen LogP contribution in [-0.4, -0.2) is 15.7 Å². The van der Waals surface area contributed by atoms with Gasteiger partial charge in [0.25, 0.3) is 5.56 Å². The maximum absolute atomic E-state index is 12.5. The van der Waals surface area contributed by atoms with Crippen LogP contribution in [-0.2, 0) is 24.2 Å². The number of rotatable bonds is 4. The molecule has 27 heavy (non-hydrogen) atoms. The number of amides is 1. The van der Waals surface area contributed by atoms with Crippen molar-refractivity contribution in [3.05, 3.63) is 75.7 Å². The van der Waals surface area contributed by atoms with Crippen LogP contribution in [0.25, 0.3) is 10.8 Å². The van der Waals surface area contributed by atoms with Gasteiger partial charge in [0.05, 0.1) is 17.6 Å². The molecule has 0 aliphatic heterocycles. The number of hydrogen-bond donors (Lipinski definition) is 1. The van der Waals surface area contributed by atoms with E-state index in [9.17, 15) is 9.59 Å². The number of benzene rings is 2. The van der Waals surface area contributed by atoms with Crippen molar-refractivity contribution < 1.29 is 4.79 Å². The molecule has 0 saturated carbocycles. The zero-order chi connectivity index (χ0) is 18.8. The van der Waals surface area contributed by atoms with Crippen LogP contribution in [0.1, 0.15) is 42.5 Å². The molecule has 3 aromatic rings. The van der Waals surface area contributed by atoms with Gasteiger partial charge in [0.15, 0.2) is 0 Å². The van der Waals surface area contributed by atoms with Gasteiger partial charge in [0, 0.05) is 5.39 Å². The summed E-state index contributed by atoms with van der Waals surface area (Å²) in [5.74, 6) is -0.217. The molecule has 0 radical (unpaired) electrons. The molecule has 4 rings (SSSR count). The molecular weight excluding hydrogens is 338 g/mol. The smallest absolute Gasteiger partial charge is 0.275 e. The first-order valence-electron chi connectivity index (χ1n) is 9.48. The predicted octanol–water partition coefficient (Wildman–Crippen LogP) is 3.15. The van der Waals surface area contributed by atoms with E-state index >= 15 is 0 Å². The Morgan fingerprint density at radius 1 is 1.15 bits per heavy atom. The van der Waals surface area contributed by atoms with Crippen LogP contribution in [0, 0.1) is 0 Å². The molecule has 1 N–H and O–H groups in total. The Kier molecular flexibility index (Phi) is 4.75. The van der Waals surface area contributed by atoms with E-state index < -0.39 is 0 Å². The number of aryl methyl sites for hydroxylation is 2. The molecule has 0 saturated heterocycles. The van der Waals surface area contributed by atoms with E-state index in [1.165, 1.54) is 28.7 Å². The number of carbonyl (C=O) groups excluding carboxylic acids is 1. The lowest BCUT2D eigenvalue weighted by Crippen LogP contribution is -2.35. The van der Waals surface area contributed by atoms with E-state index in [1.807, 2.05) is 25.1 Å². The molecule has 0 spiro atoms. The lowest BCUT2D eigenvalue weighted by molar-refractivity contribution is -0.122. The summed E-state index contributed by atoms with van der Waals surface area (Å²) in [6.07, 6.45) is 6.37. The third kappa shape index (κ3) is 3.63. The number of nitrogens with one attached hydrogen (secondary N) is 1. The van der Waals surface area contributed by atoms with E-state index in [4.69, 9.17) is 0 Å². The molecule has 1 aromatic heterocycles. The molecule has 0 bridgehead atoms. The summed E-state index contributed by atoms with van der Waals surface area (Å²) in [5, 5.41) is 8.47. The Hall–Kier alpha value is -2.95. The largest absolute Gasteiger partial charge is 0.348 e. The third-order valence-electron chi connectivity index (χ3n) is 5.31. The van der Waals surface area contributed by atoms with E-state index in [2.05, 4.69) is 28.6 Å². The Morgan fingerprint density at radius 3 is 2.78 bits per heavy atom.